The average Bonchev–Trinajstić information content (AvgIpc) is 3.02. The molecule has 1 N–H and O–H groups in total. The molecule has 3 rings (SSSR count). The van der Waals surface area contributed by atoms with Crippen LogP contribution in [-0.4, -0.2) is 20.9 Å². The maximum atomic E-state index is 11.9. The number of aryl methyl sites for hydroxylation is 1. The minimum absolute atomic E-state index is 0.202. The fourth-order valence-electron chi connectivity index (χ4n) is 2.81. The third-order valence-electron chi connectivity index (χ3n) is 4.10. The lowest BCUT2D eigenvalue weighted by Crippen LogP contribution is -2.05. The van der Waals surface area contributed by atoms with E-state index in [9.17, 15) is 9.90 Å². The number of aromatic carboxylic acids is 1. The largest absolute Gasteiger partial charge is 0.478 e. The third kappa shape index (κ3) is 3.02. The van der Waals surface area contributed by atoms with Crippen molar-refractivity contribution in [3.63, 3.8) is 0 Å². The third-order valence-corrected chi connectivity index (χ3v) is 4.10. The second kappa shape index (κ2) is 6.62. The first-order valence-corrected chi connectivity index (χ1v) is 7.98. The van der Waals surface area contributed by atoms with Crippen LogP contribution in [0.5, 0.6) is 0 Å². The van der Waals surface area contributed by atoms with E-state index in [0.717, 1.165) is 11.3 Å². The van der Waals surface area contributed by atoms with Gasteiger partial charge in [-0.05, 0) is 37.6 Å². The predicted molar refractivity (Wildman–Crippen MR) is 94.8 cm³/mol. The highest BCUT2D eigenvalue weighted by atomic mass is 16.4. The number of hydrogen-bond acceptors (Lipinski definition) is 3. The molecule has 25 heavy (non-hydrogen) atoms. The van der Waals surface area contributed by atoms with Crippen LogP contribution in [0.25, 0.3) is 16.9 Å². The quantitative estimate of drug-likeness (QED) is 0.784. The molecule has 2 aromatic carbocycles. The van der Waals surface area contributed by atoms with Crippen LogP contribution in [0.3, 0.4) is 0 Å². The maximum absolute atomic E-state index is 11.9. The maximum Gasteiger partial charge on any atom is 0.339 e. The molecule has 3 aromatic rings. The van der Waals surface area contributed by atoms with Crippen LogP contribution >= 0.6 is 0 Å². The van der Waals surface area contributed by atoms with Crippen molar-refractivity contribution in [1.29, 1.82) is 5.26 Å². The van der Waals surface area contributed by atoms with E-state index in [1.54, 1.807) is 28.9 Å². The van der Waals surface area contributed by atoms with Gasteiger partial charge in [-0.25, -0.2) is 9.48 Å². The van der Waals surface area contributed by atoms with Crippen molar-refractivity contribution < 1.29 is 9.90 Å². The Hall–Kier alpha value is -3.39. The molecule has 1 heterocycles. The zero-order valence-electron chi connectivity index (χ0n) is 14.0. The van der Waals surface area contributed by atoms with Crippen molar-refractivity contribution in [2.45, 2.75) is 20.3 Å². The van der Waals surface area contributed by atoms with Gasteiger partial charge in [0.05, 0.1) is 23.0 Å². The van der Waals surface area contributed by atoms with Gasteiger partial charge >= 0.3 is 5.97 Å². The topological polar surface area (TPSA) is 78.9 Å². The predicted octanol–water partition coefficient (Wildman–Crippen LogP) is 3.98. The van der Waals surface area contributed by atoms with Gasteiger partial charge in [0.2, 0.25) is 0 Å². The highest BCUT2D eigenvalue weighted by molar-refractivity contribution is 5.96. The van der Waals surface area contributed by atoms with Crippen LogP contribution < -0.4 is 0 Å². The molecule has 124 valence electrons. The molecule has 0 aliphatic rings. The van der Waals surface area contributed by atoms with E-state index in [4.69, 9.17) is 5.26 Å². The summed E-state index contributed by atoms with van der Waals surface area (Å²) in [5, 5.41) is 23.3. The molecule has 0 aliphatic carbocycles. The Morgan fingerprint density at radius 2 is 1.80 bits per heavy atom. The zero-order chi connectivity index (χ0) is 18.0. The van der Waals surface area contributed by atoms with Crippen LogP contribution in [0.1, 0.15) is 34.1 Å². The lowest BCUT2D eigenvalue weighted by Gasteiger charge is -2.06. The highest BCUT2D eigenvalue weighted by Gasteiger charge is 2.24. The van der Waals surface area contributed by atoms with Crippen LogP contribution in [0.4, 0.5) is 0 Å². The fraction of sp³-hybridized carbons (Fsp3) is 0.150. The van der Waals surface area contributed by atoms with Crippen LogP contribution in [0, 0.1) is 18.3 Å². The van der Waals surface area contributed by atoms with E-state index >= 15 is 0 Å². The molecule has 0 fully saturated rings. The van der Waals surface area contributed by atoms with E-state index in [1.807, 2.05) is 38.1 Å². The second-order valence-electron chi connectivity index (χ2n) is 5.77. The van der Waals surface area contributed by atoms with E-state index in [2.05, 4.69) is 11.2 Å². The van der Waals surface area contributed by atoms with Gasteiger partial charge in [0.1, 0.15) is 11.3 Å². The summed E-state index contributed by atoms with van der Waals surface area (Å²) in [6.07, 6.45) is 0.540. The lowest BCUT2D eigenvalue weighted by molar-refractivity contribution is 0.0696. The molecule has 0 radical (unpaired) electrons. The molecule has 0 atom stereocenters. The van der Waals surface area contributed by atoms with Gasteiger partial charge in [0.15, 0.2) is 0 Å². The minimum Gasteiger partial charge on any atom is -0.478 e. The van der Waals surface area contributed by atoms with E-state index < -0.39 is 5.97 Å². The summed E-state index contributed by atoms with van der Waals surface area (Å²) >= 11 is 0. The number of rotatable bonds is 4. The van der Waals surface area contributed by atoms with Gasteiger partial charge in [0.25, 0.3) is 0 Å². The molecule has 0 aliphatic heterocycles. The minimum atomic E-state index is -1.01. The Labute approximate surface area is 145 Å². The molecule has 5 heteroatoms. The summed E-state index contributed by atoms with van der Waals surface area (Å²) in [5.74, 6) is -1.01. The number of hydrogen-bond donors (Lipinski definition) is 1. The Morgan fingerprint density at radius 3 is 2.32 bits per heavy atom. The summed E-state index contributed by atoms with van der Waals surface area (Å²) in [7, 11) is 0. The molecule has 0 unspecified atom stereocenters. The smallest absolute Gasteiger partial charge is 0.339 e. The van der Waals surface area contributed by atoms with Crippen LogP contribution in [-0.2, 0) is 6.42 Å². The highest BCUT2D eigenvalue weighted by Crippen LogP contribution is 2.28. The lowest BCUT2D eigenvalue weighted by atomic mass is 10.0. The first-order chi connectivity index (χ1) is 12.0. The van der Waals surface area contributed by atoms with E-state index in [0.29, 0.717) is 28.9 Å². The van der Waals surface area contributed by atoms with Crippen molar-refractivity contribution in [2.75, 3.05) is 0 Å². The molecular weight excluding hydrogens is 314 g/mol. The molecule has 0 spiro atoms. The van der Waals surface area contributed by atoms with Crippen molar-refractivity contribution in [3.8, 4) is 23.0 Å². The molecule has 0 saturated heterocycles. The number of carboxylic acid groups (broad SMARTS) is 1. The second-order valence-corrected chi connectivity index (χ2v) is 5.77. The number of aromatic nitrogens is 2. The van der Waals surface area contributed by atoms with Crippen molar-refractivity contribution in [1.82, 2.24) is 9.78 Å². The summed E-state index contributed by atoms with van der Waals surface area (Å²) in [6, 6.07) is 16.6. The summed E-state index contributed by atoms with van der Waals surface area (Å²) in [6.45, 7) is 3.91. The number of carboxylic acids is 1. The van der Waals surface area contributed by atoms with E-state index in [1.165, 1.54) is 0 Å². The number of benzene rings is 2. The first kappa shape index (κ1) is 16.5. The monoisotopic (exact) mass is 331 g/mol. The number of nitrogens with zero attached hydrogens (tertiary/aromatic N) is 3. The Bertz CT molecular complexity index is 962. The Balaban J connectivity index is 2.22. The molecule has 0 saturated carbocycles. The molecule has 1 aromatic heterocycles. The number of nitriles is 1. The van der Waals surface area contributed by atoms with Gasteiger partial charge in [0, 0.05) is 5.56 Å². The van der Waals surface area contributed by atoms with Gasteiger partial charge in [-0.3, -0.25) is 0 Å². The Morgan fingerprint density at radius 1 is 1.16 bits per heavy atom. The van der Waals surface area contributed by atoms with E-state index in [-0.39, 0.29) is 5.56 Å². The van der Waals surface area contributed by atoms with Gasteiger partial charge in [-0.15, -0.1) is 0 Å². The summed E-state index contributed by atoms with van der Waals surface area (Å²) in [5.41, 5.74) is 4.41. The summed E-state index contributed by atoms with van der Waals surface area (Å²) < 4.78 is 1.69. The molecular formula is C20H17N3O2. The van der Waals surface area contributed by atoms with Gasteiger partial charge < -0.3 is 5.11 Å². The van der Waals surface area contributed by atoms with Crippen LogP contribution in [0.2, 0.25) is 0 Å². The molecule has 0 bridgehead atoms. The fourth-order valence-corrected chi connectivity index (χ4v) is 2.81. The SMILES string of the molecule is CCc1c(C(=O)O)c(-c2ccc(C#N)cc2)nn1-c1ccc(C)cc1. The van der Waals surface area contributed by atoms with Crippen molar-refractivity contribution >= 4 is 5.97 Å². The summed E-state index contributed by atoms with van der Waals surface area (Å²) in [4.78, 5) is 11.9. The standard InChI is InChI=1S/C20H17N3O2/c1-3-17-18(20(24)25)19(15-8-6-14(12-21)7-9-15)22-23(17)16-10-4-13(2)5-11-16/h4-11H,3H2,1-2H3,(H,24,25). The van der Waals surface area contributed by atoms with Gasteiger partial charge in [-0.1, -0.05) is 36.8 Å². The van der Waals surface area contributed by atoms with Gasteiger partial charge in [-0.2, -0.15) is 10.4 Å². The first-order valence-electron chi connectivity index (χ1n) is 7.98. The normalized spacial score (nSPS) is 10.4. The van der Waals surface area contributed by atoms with Crippen LogP contribution in [0.15, 0.2) is 48.5 Å². The average molecular weight is 331 g/mol. The zero-order valence-corrected chi connectivity index (χ0v) is 14.0. The molecule has 0 amide bonds. The molecule has 5 nitrogen and oxygen atoms in total. The number of carbonyl (C=O) groups is 1. The Kier molecular flexibility index (Phi) is 4.36. The van der Waals surface area contributed by atoms with Crippen molar-refractivity contribution in [2.24, 2.45) is 0 Å². The van der Waals surface area contributed by atoms with Crippen molar-refractivity contribution in [3.05, 3.63) is 70.9 Å².